The molecule has 1 aliphatic heterocycles. The summed E-state index contributed by atoms with van der Waals surface area (Å²) >= 11 is 1.92. The van der Waals surface area contributed by atoms with E-state index in [4.69, 9.17) is 5.73 Å². The summed E-state index contributed by atoms with van der Waals surface area (Å²) in [5, 5.41) is 7.77. The van der Waals surface area contributed by atoms with Crippen molar-refractivity contribution in [2.24, 2.45) is 10.7 Å². The van der Waals surface area contributed by atoms with Crippen LogP contribution in [0.25, 0.3) is 0 Å². The van der Waals surface area contributed by atoms with Crippen LogP contribution in [0.15, 0.2) is 11.2 Å². The van der Waals surface area contributed by atoms with E-state index in [9.17, 15) is 4.79 Å². The highest BCUT2D eigenvalue weighted by Gasteiger charge is 2.12. The van der Waals surface area contributed by atoms with Crippen molar-refractivity contribution < 1.29 is 9.53 Å². The Labute approximate surface area is 121 Å². The van der Waals surface area contributed by atoms with E-state index in [0.717, 1.165) is 24.6 Å². The Kier molecular flexibility index (Phi) is 5.22. The van der Waals surface area contributed by atoms with Gasteiger partial charge in [-0.3, -0.25) is 4.79 Å². The van der Waals surface area contributed by atoms with Gasteiger partial charge in [0.15, 0.2) is 5.96 Å². The van der Waals surface area contributed by atoms with Crippen molar-refractivity contribution in [1.82, 2.24) is 19.9 Å². The smallest absolute Gasteiger partial charge is 0.327 e. The maximum atomic E-state index is 11.1. The fourth-order valence-corrected chi connectivity index (χ4v) is 2.64. The monoisotopic (exact) mass is 298 g/mol. The molecule has 0 bridgehead atoms. The molecule has 0 radical (unpaired) electrons. The van der Waals surface area contributed by atoms with Gasteiger partial charge in [-0.05, 0) is 0 Å². The van der Waals surface area contributed by atoms with Gasteiger partial charge in [-0.15, -0.1) is 5.10 Å². The molecule has 2 N–H and O–H groups in total. The van der Waals surface area contributed by atoms with E-state index >= 15 is 0 Å². The Morgan fingerprint density at radius 1 is 1.55 bits per heavy atom. The minimum Gasteiger partial charge on any atom is -0.468 e. The molecule has 20 heavy (non-hydrogen) atoms. The largest absolute Gasteiger partial charge is 0.468 e. The summed E-state index contributed by atoms with van der Waals surface area (Å²) < 4.78 is 5.98. The van der Waals surface area contributed by atoms with Gasteiger partial charge in [0.1, 0.15) is 12.2 Å². The molecule has 1 fully saturated rings. The minimum atomic E-state index is -0.365. The number of nitrogens with two attached hydrogens (primary N) is 1. The summed E-state index contributed by atoms with van der Waals surface area (Å²) in [6, 6.07) is 0. The lowest BCUT2D eigenvalue weighted by molar-refractivity contribution is -0.141. The van der Waals surface area contributed by atoms with E-state index in [1.807, 2.05) is 11.8 Å². The molecule has 1 aliphatic rings. The quantitative estimate of drug-likeness (QED) is 0.446. The maximum absolute atomic E-state index is 11.1. The Morgan fingerprint density at radius 3 is 3.00 bits per heavy atom. The number of thioether (sulfide) groups is 1. The average Bonchev–Trinajstić information content (AvgIpc) is 2.93. The standard InChI is InChI=1S/C11H18N6O2S/c1-19-10(18)8-17-7-9(14-15-17)6-13-11(12)16-2-4-20-5-3-16/h7H,2-6,8H2,1H3,(H2,12,13). The van der Waals surface area contributed by atoms with E-state index in [2.05, 4.69) is 24.9 Å². The van der Waals surface area contributed by atoms with E-state index in [1.54, 1.807) is 6.20 Å². The number of methoxy groups -OCH3 is 1. The number of guanidine groups is 1. The predicted octanol–water partition coefficient (Wildman–Crippen LogP) is -0.685. The normalized spacial score (nSPS) is 16.2. The number of aromatic nitrogens is 3. The highest BCUT2D eigenvalue weighted by Crippen LogP contribution is 2.08. The molecule has 0 aromatic carbocycles. The molecule has 1 aromatic heterocycles. The van der Waals surface area contributed by atoms with Gasteiger partial charge in [0.05, 0.1) is 19.9 Å². The Balaban J connectivity index is 1.88. The van der Waals surface area contributed by atoms with Crippen LogP contribution in [0, 0.1) is 0 Å². The number of ether oxygens (including phenoxy) is 1. The third kappa shape index (κ3) is 4.12. The molecule has 0 unspecified atom stereocenters. The lowest BCUT2D eigenvalue weighted by Gasteiger charge is -2.27. The number of nitrogens with zero attached hydrogens (tertiary/aromatic N) is 5. The molecule has 1 aromatic rings. The zero-order valence-corrected chi connectivity index (χ0v) is 12.2. The van der Waals surface area contributed by atoms with Gasteiger partial charge >= 0.3 is 5.97 Å². The van der Waals surface area contributed by atoms with E-state index in [1.165, 1.54) is 11.8 Å². The number of hydrogen-bond donors (Lipinski definition) is 1. The van der Waals surface area contributed by atoms with Gasteiger partial charge in [-0.25, -0.2) is 9.67 Å². The molecule has 8 nitrogen and oxygen atoms in total. The highest BCUT2D eigenvalue weighted by molar-refractivity contribution is 7.99. The number of rotatable bonds is 4. The predicted molar refractivity (Wildman–Crippen MR) is 76.3 cm³/mol. The molecule has 2 rings (SSSR count). The number of esters is 1. The molecule has 0 atom stereocenters. The van der Waals surface area contributed by atoms with Crippen molar-refractivity contribution in [3.8, 4) is 0 Å². The molecule has 2 heterocycles. The fraction of sp³-hybridized carbons (Fsp3) is 0.636. The van der Waals surface area contributed by atoms with Crippen molar-refractivity contribution >= 4 is 23.7 Å². The number of aliphatic imine (C=N–C) groups is 1. The Hall–Kier alpha value is -1.77. The third-order valence-corrected chi connectivity index (χ3v) is 3.79. The highest BCUT2D eigenvalue weighted by atomic mass is 32.2. The summed E-state index contributed by atoms with van der Waals surface area (Å²) in [7, 11) is 1.34. The van der Waals surface area contributed by atoms with Crippen LogP contribution >= 0.6 is 11.8 Å². The van der Waals surface area contributed by atoms with Gasteiger partial charge in [0.2, 0.25) is 0 Å². The van der Waals surface area contributed by atoms with Crippen LogP contribution in [0.4, 0.5) is 0 Å². The number of hydrogen-bond acceptors (Lipinski definition) is 6. The second kappa shape index (κ2) is 7.13. The molecular formula is C11H18N6O2S. The summed E-state index contributed by atoms with van der Waals surface area (Å²) in [4.78, 5) is 17.5. The summed E-state index contributed by atoms with van der Waals surface area (Å²) in [5.74, 6) is 2.32. The van der Waals surface area contributed by atoms with Crippen LogP contribution in [-0.2, 0) is 22.6 Å². The first-order valence-corrected chi connectivity index (χ1v) is 7.43. The molecular weight excluding hydrogens is 280 g/mol. The molecule has 0 aliphatic carbocycles. The topological polar surface area (TPSA) is 98.6 Å². The summed E-state index contributed by atoms with van der Waals surface area (Å²) in [6.45, 7) is 2.26. The molecule has 0 spiro atoms. The van der Waals surface area contributed by atoms with Crippen molar-refractivity contribution in [3.05, 3.63) is 11.9 Å². The lowest BCUT2D eigenvalue weighted by Crippen LogP contribution is -2.42. The minimum absolute atomic E-state index is 0.0477. The zero-order chi connectivity index (χ0) is 14.4. The van der Waals surface area contributed by atoms with Crippen LogP contribution in [-0.4, -0.2) is 63.5 Å². The van der Waals surface area contributed by atoms with Crippen LogP contribution in [0.3, 0.4) is 0 Å². The molecule has 110 valence electrons. The molecule has 0 amide bonds. The molecule has 9 heteroatoms. The van der Waals surface area contributed by atoms with Gasteiger partial charge in [0.25, 0.3) is 0 Å². The first kappa shape index (κ1) is 14.6. The van der Waals surface area contributed by atoms with Crippen LogP contribution in [0.5, 0.6) is 0 Å². The average molecular weight is 298 g/mol. The summed E-state index contributed by atoms with van der Waals surface area (Å²) in [6.07, 6.45) is 1.67. The van der Waals surface area contributed by atoms with Crippen molar-refractivity contribution in [1.29, 1.82) is 0 Å². The van der Waals surface area contributed by atoms with Gasteiger partial charge in [0, 0.05) is 24.6 Å². The van der Waals surface area contributed by atoms with Gasteiger partial charge in [-0.2, -0.15) is 11.8 Å². The third-order valence-electron chi connectivity index (χ3n) is 2.84. The molecule has 1 saturated heterocycles. The molecule has 0 saturated carbocycles. The number of carbonyl (C=O) groups excluding carboxylic acids is 1. The van der Waals surface area contributed by atoms with Crippen LogP contribution < -0.4 is 5.73 Å². The van der Waals surface area contributed by atoms with Gasteiger partial charge < -0.3 is 15.4 Å². The lowest BCUT2D eigenvalue weighted by atomic mass is 10.4. The second-order valence-electron chi connectivity index (χ2n) is 4.26. The Bertz CT molecular complexity index is 483. The van der Waals surface area contributed by atoms with Crippen molar-refractivity contribution in [3.63, 3.8) is 0 Å². The number of carbonyl (C=O) groups is 1. The van der Waals surface area contributed by atoms with Crippen LogP contribution in [0.1, 0.15) is 5.69 Å². The van der Waals surface area contributed by atoms with E-state index in [0.29, 0.717) is 18.2 Å². The first-order chi connectivity index (χ1) is 9.69. The fourth-order valence-electron chi connectivity index (χ4n) is 1.74. The zero-order valence-electron chi connectivity index (χ0n) is 11.4. The van der Waals surface area contributed by atoms with E-state index < -0.39 is 0 Å². The Morgan fingerprint density at radius 2 is 2.30 bits per heavy atom. The first-order valence-electron chi connectivity index (χ1n) is 6.27. The van der Waals surface area contributed by atoms with E-state index in [-0.39, 0.29) is 12.5 Å². The van der Waals surface area contributed by atoms with Crippen molar-refractivity contribution in [2.75, 3.05) is 31.7 Å². The van der Waals surface area contributed by atoms with Crippen LogP contribution in [0.2, 0.25) is 0 Å². The second-order valence-corrected chi connectivity index (χ2v) is 5.48. The summed E-state index contributed by atoms with van der Waals surface area (Å²) in [5.41, 5.74) is 6.61. The SMILES string of the molecule is COC(=O)Cn1cc(CN=C(N)N2CCSCC2)nn1. The van der Waals surface area contributed by atoms with Crippen molar-refractivity contribution in [2.45, 2.75) is 13.1 Å². The van der Waals surface area contributed by atoms with Gasteiger partial charge in [-0.1, -0.05) is 5.21 Å². The maximum Gasteiger partial charge on any atom is 0.327 e.